The first kappa shape index (κ1) is 25.6. The first-order valence-electron chi connectivity index (χ1n) is 12.1. The van der Waals surface area contributed by atoms with Gasteiger partial charge < -0.3 is 9.47 Å². The minimum absolute atomic E-state index is 0.192. The van der Waals surface area contributed by atoms with Crippen molar-refractivity contribution in [1.82, 2.24) is 19.5 Å². The van der Waals surface area contributed by atoms with Gasteiger partial charge in [0, 0.05) is 47.1 Å². The number of pyridine rings is 2. The second-order valence-electron chi connectivity index (χ2n) is 8.61. The van der Waals surface area contributed by atoms with Crippen molar-refractivity contribution < 1.29 is 9.47 Å². The fourth-order valence-corrected chi connectivity index (χ4v) is 4.22. The lowest BCUT2D eigenvalue weighted by molar-refractivity contribution is 0.381. The van der Waals surface area contributed by atoms with Gasteiger partial charge >= 0.3 is 0 Å². The zero-order valence-electron chi connectivity index (χ0n) is 21.5. The Hall–Kier alpha value is -4.51. The maximum atomic E-state index is 13.9. The van der Waals surface area contributed by atoms with Crippen LogP contribution >= 0.6 is 0 Å². The molecule has 0 amide bonds. The number of hydrogen-bond acceptors (Lipinski definition) is 7. The summed E-state index contributed by atoms with van der Waals surface area (Å²) in [4.78, 5) is 27.8. The van der Waals surface area contributed by atoms with Gasteiger partial charge in [-0.15, -0.1) is 0 Å². The predicted molar refractivity (Wildman–Crippen MR) is 141 cm³/mol. The maximum absolute atomic E-state index is 13.9. The van der Waals surface area contributed by atoms with Crippen LogP contribution in [-0.4, -0.2) is 33.7 Å². The van der Waals surface area contributed by atoms with E-state index in [0.29, 0.717) is 47.2 Å². The number of ether oxygens (including phenoxy) is 2. The number of benzene rings is 1. The third-order valence-electron chi connectivity index (χ3n) is 6.17. The molecule has 0 aliphatic rings. The molecular weight excluding hydrogens is 466 g/mol. The molecule has 0 N–H and O–H groups in total. The van der Waals surface area contributed by atoms with Crippen LogP contribution in [0, 0.1) is 18.3 Å². The molecular formula is C29H29N5O3. The van der Waals surface area contributed by atoms with Crippen LogP contribution in [0.1, 0.15) is 48.1 Å². The van der Waals surface area contributed by atoms with Gasteiger partial charge in [0.1, 0.15) is 17.4 Å². The van der Waals surface area contributed by atoms with Crippen molar-refractivity contribution >= 4 is 0 Å². The van der Waals surface area contributed by atoms with Crippen molar-refractivity contribution in [3.05, 3.63) is 93.4 Å². The molecule has 37 heavy (non-hydrogen) atoms. The van der Waals surface area contributed by atoms with Crippen LogP contribution in [0.4, 0.5) is 0 Å². The van der Waals surface area contributed by atoms with Crippen LogP contribution in [0.25, 0.3) is 16.9 Å². The average Bonchev–Trinajstić information content (AvgIpc) is 2.93. The van der Waals surface area contributed by atoms with Gasteiger partial charge in [-0.3, -0.25) is 9.78 Å². The summed E-state index contributed by atoms with van der Waals surface area (Å²) in [6, 6.07) is 16.8. The summed E-state index contributed by atoms with van der Waals surface area (Å²) in [5, 5.41) is 9.43. The second kappa shape index (κ2) is 11.5. The van der Waals surface area contributed by atoms with Gasteiger partial charge in [0.05, 0.1) is 31.5 Å². The quantitative estimate of drug-likeness (QED) is 0.328. The highest BCUT2D eigenvalue weighted by Gasteiger charge is 2.19. The van der Waals surface area contributed by atoms with E-state index in [1.807, 2.05) is 30.3 Å². The van der Waals surface area contributed by atoms with Crippen LogP contribution in [0.15, 0.2) is 59.5 Å². The van der Waals surface area contributed by atoms with Crippen molar-refractivity contribution in [2.24, 2.45) is 0 Å². The van der Waals surface area contributed by atoms with Crippen molar-refractivity contribution in [2.75, 3.05) is 14.2 Å². The molecule has 0 saturated heterocycles. The van der Waals surface area contributed by atoms with Crippen LogP contribution in [0.2, 0.25) is 0 Å². The molecule has 1 aromatic carbocycles. The molecule has 0 unspecified atom stereocenters. The molecule has 3 heterocycles. The Morgan fingerprint density at radius 3 is 2.54 bits per heavy atom. The Kier molecular flexibility index (Phi) is 7.94. The van der Waals surface area contributed by atoms with E-state index in [4.69, 9.17) is 14.5 Å². The number of unbranched alkanes of at least 4 members (excludes halogenated alkanes) is 1. The topological polar surface area (TPSA) is 103 Å². The predicted octanol–water partition coefficient (Wildman–Crippen LogP) is 4.82. The molecule has 8 nitrogen and oxygen atoms in total. The molecule has 0 aliphatic heterocycles. The van der Waals surface area contributed by atoms with Gasteiger partial charge in [-0.05, 0) is 31.9 Å². The zero-order valence-corrected chi connectivity index (χ0v) is 21.5. The third-order valence-corrected chi connectivity index (χ3v) is 6.17. The van der Waals surface area contributed by atoms with Crippen LogP contribution in [0.5, 0.6) is 11.6 Å². The molecule has 8 heteroatoms. The second-order valence-corrected chi connectivity index (χ2v) is 8.61. The number of hydrogen-bond donors (Lipinski definition) is 0. The van der Waals surface area contributed by atoms with E-state index in [2.05, 4.69) is 23.0 Å². The lowest BCUT2D eigenvalue weighted by Crippen LogP contribution is -2.29. The number of methoxy groups -OCH3 is 2. The van der Waals surface area contributed by atoms with E-state index in [9.17, 15) is 10.1 Å². The van der Waals surface area contributed by atoms with Gasteiger partial charge in [-0.25, -0.2) is 9.55 Å². The highest BCUT2D eigenvalue weighted by atomic mass is 16.5. The molecule has 0 fully saturated rings. The van der Waals surface area contributed by atoms with Crippen LogP contribution in [-0.2, 0) is 12.8 Å². The Balaban J connectivity index is 1.78. The summed E-state index contributed by atoms with van der Waals surface area (Å²) in [6.45, 7) is 3.91. The fraction of sp³-hybridized carbons (Fsp3) is 0.276. The third kappa shape index (κ3) is 5.51. The Bertz CT molecular complexity index is 1480. The SMILES string of the molecule is CCCCc1nc(C)n(-c2cc(OC)cc(OC)n2)c(=O)c1Cc1ccc(-c2ccccc2C#N)cn1. The molecule has 188 valence electrons. The van der Waals surface area contributed by atoms with Gasteiger partial charge in [0.2, 0.25) is 5.88 Å². The maximum Gasteiger partial charge on any atom is 0.263 e. The molecule has 0 radical (unpaired) electrons. The average molecular weight is 496 g/mol. The van der Waals surface area contributed by atoms with Crippen molar-refractivity contribution in [3.63, 3.8) is 0 Å². The van der Waals surface area contributed by atoms with Crippen LogP contribution < -0.4 is 15.0 Å². The Morgan fingerprint density at radius 1 is 1.05 bits per heavy atom. The molecule has 0 atom stereocenters. The normalized spacial score (nSPS) is 10.7. The number of aromatic nitrogens is 4. The van der Waals surface area contributed by atoms with E-state index in [0.717, 1.165) is 35.4 Å². The molecule has 4 aromatic rings. The first-order valence-corrected chi connectivity index (χ1v) is 12.1. The van der Waals surface area contributed by atoms with E-state index < -0.39 is 0 Å². The fourth-order valence-electron chi connectivity index (χ4n) is 4.22. The van der Waals surface area contributed by atoms with E-state index in [-0.39, 0.29) is 5.56 Å². The summed E-state index contributed by atoms with van der Waals surface area (Å²) in [5.41, 5.74) is 4.16. The van der Waals surface area contributed by atoms with Crippen LogP contribution in [0.3, 0.4) is 0 Å². The first-order chi connectivity index (χ1) is 18.0. The molecule has 0 bridgehead atoms. The van der Waals surface area contributed by atoms with Crippen molar-refractivity contribution in [1.29, 1.82) is 5.26 Å². The largest absolute Gasteiger partial charge is 0.496 e. The molecule has 3 aromatic heterocycles. The van der Waals surface area contributed by atoms with Gasteiger partial charge in [-0.1, -0.05) is 37.6 Å². The number of nitrogens with zero attached hydrogens (tertiary/aromatic N) is 5. The summed E-state index contributed by atoms with van der Waals surface area (Å²) in [7, 11) is 3.07. The minimum atomic E-state index is -0.192. The van der Waals surface area contributed by atoms with E-state index in [1.165, 1.54) is 11.7 Å². The molecule has 4 rings (SSSR count). The molecule has 0 spiro atoms. The van der Waals surface area contributed by atoms with Crippen molar-refractivity contribution in [3.8, 4) is 34.6 Å². The molecule has 0 saturated carbocycles. The van der Waals surface area contributed by atoms with Gasteiger partial charge in [0.15, 0.2) is 0 Å². The van der Waals surface area contributed by atoms with Gasteiger partial charge in [0.25, 0.3) is 5.56 Å². The van der Waals surface area contributed by atoms with Gasteiger partial charge in [-0.2, -0.15) is 10.2 Å². The molecule has 0 aliphatic carbocycles. The van der Waals surface area contributed by atoms with Crippen molar-refractivity contribution in [2.45, 2.75) is 39.5 Å². The summed E-state index contributed by atoms with van der Waals surface area (Å²) < 4.78 is 12.2. The standard InChI is InChI=1S/C29H29N5O3/c1-5-6-11-26-25(14-22-13-12-21(18-31-22)24-10-8-7-9-20(24)17-30)29(35)34(19(2)32-26)27-15-23(36-3)16-28(33-27)37-4/h7-10,12-13,15-16,18H,5-6,11,14H2,1-4H3. The van der Waals surface area contributed by atoms with E-state index >= 15 is 0 Å². The number of aryl methyl sites for hydroxylation is 2. The summed E-state index contributed by atoms with van der Waals surface area (Å²) in [6.07, 6.45) is 4.68. The Labute approximate surface area is 216 Å². The number of rotatable bonds is 9. The highest BCUT2D eigenvalue weighted by Crippen LogP contribution is 2.24. The smallest absolute Gasteiger partial charge is 0.263 e. The Morgan fingerprint density at radius 2 is 1.86 bits per heavy atom. The number of nitriles is 1. The minimum Gasteiger partial charge on any atom is -0.496 e. The summed E-state index contributed by atoms with van der Waals surface area (Å²) in [5.74, 6) is 1.79. The van der Waals surface area contributed by atoms with E-state index in [1.54, 1.807) is 38.4 Å². The lowest BCUT2D eigenvalue weighted by atomic mass is 10.0. The lowest BCUT2D eigenvalue weighted by Gasteiger charge is -2.16. The summed E-state index contributed by atoms with van der Waals surface area (Å²) >= 11 is 0. The monoisotopic (exact) mass is 495 g/mol. The zero-order chi connectivity index (χ0) is 26.4. The highest BCUT2D eigenvalue weighted by molar-refractivity contribution is 5.69.